The molecule has 0 aliphatic carbocycles. The molecule has 0 amide bonds. The van der Waals surface area contributed by atoms with Gasteiger partial charge < -0.3 is 9.40 Å². The summed E-state index contributed by atoms with van der Waals surface area (Å²) >= 11 is 7.61. The minimum absolute atomic E-state index is 0.0164. The van der Waals surface area contributed by atoms with Crippen molar-refractivity contribution in [2.75, 3.05) is 12.9 Å². The molecule has 0 saturated carbocycles. The standard InChI is InChI=1S/C33H29ClN2O3S/c1-4-36-30-15-9-22(32(37)26-8-6-5-7-21(26)2)19-27(30)28-20-23(10-16-31(28)36)33(38)29(35-39-3)17-18-40-25-13-11-24(34)12-14-25/h5-16,19-20H,4,17-18H2,1-3H3. The Hall–Kier alpha value is -3.87. The second-order valence-corrected chi connectivity index (χ2v) is 11.1. The zero-order valence-electron chi connectivity index (χ0n) is 22.6. The third-order valence-corrected chi connectivity index (χ3v) is 8.25. The Kier molecular flexibility index (Phi) is 8.38. The average molecular weight is 569 g/mol. The molecule has 5 nitrogen and oxygen atoms in total. The largest absolute Gasteiger partial charge is 0.399 e. The topological polar surface area (TPSA) is 60.7 Å². The number of Topliss-reactive ketones (excluding diaryl/α,β-unsaturated/α-hetero) is 1. The molecule has 4 aromatic carbocycles. The SMILES string of the molecule is CCn1c2ccc(C(=O)C(CCSc3ccc(Cl)cc3)=NOC)cc2c2cc(C(=O)c3ccccc3C)ccc21. The zero-order valence-corrected chi connectivity index (χ0v) is 24.2. The van der Waals surface area contributed by atoms with Crippen LogP contribution in [0, 0.1) is 6.92 Å². The van der Waals surface area contributed by atoms with Crippen LogP contribution in [0.2, 0.25) is 5.02 Å². The van der Waals surface area contributed by atoms with Gasteiger partial charge in [-0.2, -0.15) is 0 Å². The Bertz CT molecular complexity index is 1760. The van der Waals surface area contributed by atoms with E-state index in [1.54, 1.807) is 11.8 Å². The fourth-order valence-electron chi connectivity index (χ4n) is 4.98. The first-order valence-electron chi connectivity index (χ1n) is 13.1. The molecule has 1 aromatic heterocycles. The molecule has 0 aliphatic rings. The van der Waals surface area contributed by atoms with Gasteiger partial charge in [0.1, 0.15) is 12.8 Å². The van der Waals surface area contributed by atoms with Gasteiger partial charge in [-0.25, -0.2) is 0 Å². The van der Waals surface area contributed by atoms with Crippen molar-refractivity contribution in [1.29, 1.82) is 0 Å². The van der Waals surface area contributed by atoms with Gasteiger partial charge in [0.2, 0.25) is 5.78 Å². The van der Waals surface area contributed by atoms with E-state index in [1.807, 2.05) is 91.9 Å². The van der Waals surface area contributed by atoms with Gasteiger partial charge in [-0.1, -0.05) is 41.0 Å². The number of aryl methyl sites for hydroxylation is 2. The van der Waals surface area contributed by atoms with Crippen LogP contribution in [0.5, 0.6) is 0 Å². The van der Waals surface area contributed by atoms with Crippen molar-refractivity contribution >= 4 is 62.4 Å². The Balaban J connectivity index is 1.48. The van der Waals surface area contributed by atoms with Gasteiger partial charge in [-0.15, -0.1) is 11.8 Å². The highest BCUT2D eigenvalue weighted by Crippen LogP contribution is 2.32. The zero-order chi connectivity index (χ0) is 28.2. The molecule has 5 aromatic rings. The van der Waals surface area contributed by atoms with Crippen molar-refractivity contribution in [3.63, 3.8) is 0 Å². The van der Waals surface area contributed by atoms with E-state index in [9.17, 15) is 9.59 Å². The minimum Gasteiger partial charge on any atom is -0.399 e. The van der Waals surface area contributed by atoms with Gasteiger partial charge in [0.15, 0.2) is 5.78 Å². The molecule has 0 unspecified atom stereocenters. The molecule has 7 heteroatoms. The summed E-state index contributed by atoms with van der Waals surface area (Å²) in [5.41, 5.74) is 5.18. The van der Waals surface area contributed by atoms with Crippen molar-refractivity contribution in [1.82, 2.24) is 4.57 Å². The number of rotatable bonds is 10. The number of oxime groups is 1. The molecule has 0 fully saturated rings. The highest BCUT2D eigenvalue weighted by Gasteiger charge is 2.19. The Labute approximate surface area is 242 Å². The van der Waals surface area contributed by atoms with Crippen LogP contribution in [0.25, 0.3) is 21.8 Å². The second-order valence-electron chi connectivity index (χ2n) is 9.45. The van der Waals surface area contributed by atoms with Gasteiger partial charge >= 0.3 is 0 Å². The van der Waals surface area contributed by atoms with Crippen LogP contribution >= 0.6 is 23.4 Å². The maximum atomic E-state index is 13.6. The first-order chi connectivity index (χ1) is 19.4. The first kappa shape index (κ1) is 27.7. The lowest BCUT2D eigenvalue weighted by Crippen LogP contribution is -2.16. The van der Waals surface area contributed by atoms with Crippen LogP contribution in [0.3, 0.4) is 0 Å². The molecule has 0 saturated heterocycles. The Morgan fingerprint density at radius 2 is 1.55 bits per heavy atom. The maximum Gasteiger partial charge on any atom is 0.210 e. The van der Waals surface area contributed by atoms with Crippen LogP contribution in [0.1, 0.15) is 45.2 Å². The first-order valence-corrected chi connectivity index (χ1v) is 14.5. The van der Waals surface area contributed by atoms with Gasteiger partial charge in [0, 0.05) is 67.1 Å². The summed E-state index contributed by atoms with van der Waals surface area (Å²) in [7, 11) is 1.45. The number of fused-ring (bicyclic) bond motifs is 3. The monoisotopic (exact) mass is 568 g/mol. The number of aromatic nitrogens is 1. The molecule has 202 valence electrons. The van der Waals surface area contributed by atoms with Crippen LogP contribution in [0.4, 0.5) is 0 Å². The van der Waals surface area contributed by atoms with Crippen molar-refractivity contribution in [2.45, 2.75) is 31.7 Å². The molecule has 40 heavy (non-hydrogen) atoms. The number of halogens is 1. The van der Waals surface area contributed by atoms with Crippen LogP contribution < -0.4 is 0 Å². The van der Waals surface area contributed by atoms with E-state index in [1.165, 1.54) is 7.11 Å². The van der Waals surface area contributed by atoms with Crippen molar-refractivity contribution in [3.05, 3.63) is 112 Å². The van der Waals surface area contributed by atoms with Crippen molar-refractivity contribution < 1.29 is 14.4 Å². The van der Waals surface area contributed by atoms with Gasteiger partial charge in [-0.05, 0) is 80.1 Å². The van der Waals surface area contributed by atoms with Crippen molar-refractivity contribution in [2.24, 2.45) is 5.16 Å². The highest BCUT2D eigenvalue weighted by molar-refractivity contribution is 7.99. The lowest BCUT2D eigenvalue weighted by atomic mass is 9.97. The molecule has 1 heterocycles. The van der Waals surface area contributed by atoms with Gasteiger partial charge in [0.05, 0.1) is 0 Å². The number of nitrogens with zero attached hydrogens (tertiary/aromatic N) is 2. The van der Waals surface area contributed by atoms with E-state index in [4.69, 9.17) is 16.4 Å². The summed E-state index contributed by atoms with van der Waals surface area (Å²) in [6, 6.07) is 26.8. The van der Waals surface area contributed by atoms with Gasteiger partial charge in [0.25, 0.3) is 0 Å². The summed E-state index contributed by atoms with van der Waals surface area (Å²) in [5, 5.41) is 6.62. The summed E-state index contributed by atoms with van der Waals surface area (Å²) in [5.74, 6) is 0.472. The predicted molar refractivity (Wildman–Crippen MR) is 165 cm³/mol. The van der Waals surface area contributed by atoms with E-state index in [0.717, 1.165) is 38.8 Å². The lowest BCUT2D eigenvalue weighted by Gasteiger charge is -2.07. The molecule has 5 rings (SSSR count). The summed E-state index contributed by atoms with van der Waals surface area (Å²) in [6.45, 7) is 4.79. The number of hydrogen-bond acceptors (Lipinski definition) is 5. The predicted octanol–water partition coefficient (Wildman–Crippen LogP) is 8.37. The fraction of sp³-hybridized carbons (Fsp3) is 0.182. The Morgan fingerprint density at radius 3 is 2.20 bits per heavy atom. The number of ketones is 2. The molecule has 0 radical (unpaired) electrons. The quantitative estimate of drug-likeness (QED) is 0.0734. The minimum atomic E-state index is -0.176. The molecular weight excluding hydrogens is 540 g/mol. The molecule has 0 atom stereocenters. The maximum absolute atomic E-state index is 13.6. The number of hydrogen-bond donors (Lipinski definition) is 0. The smallest absolute Gasteiger partial charge is 0.210 e. The highest BCUT2D eigenvalue weighted by atomic mass is 35.5. The molecule has 0 aliphatic heterocycles. The molecule has 0 spiro atoms. The van der Waals surface area contributed by atoms with Crippen molar-refractivity contribution in [3.8, 4) is 0 Å². The van der Waals surface area contributed by atoms with E-state index in [2.05, 4.69) is 16.6 Å². The average Bonchev–Trinajstić information content (AvgIpc) is 3.29. The van der Waals surface area contributed by atoms with Crippen LogP contribution in [-0.4, -0.2) is 34.7 Å². The van der Waals surface area contributed by atoms with E-state index in [-0.39, 0.29) is 11.6 Å². The van der Waals surface area contributed by atoms with Crippen LogP contribution in [-0.2, 0) is 11.4 Å². The summed E-state index contributed by atoms with van der Waals surface area (Å²) < 4.78 is 2.20. The van der Waals surface area contributed by atoms with E-state index >= 15 is 0 Å². The summed E-state index contributed by atoms with van der Waals surface area (Å²) in [4.78, 5) is 33.1. The second kappa shape index (κ2) is 12.1. The van der Waals surface area contributed by atoms with Gasteiger partial charge in [-0.3, -0.25) is 9.59 Å². The third kappa shape index (κ3) is 5.55. The number of benzene rings is 4. The molecule has 0 N–H and O–H groups in total. The fourth-order valence-corrected chi connectivity index (χ4v) is 5.97. The summed E-state index contributed by atoms with van der Waals surface area (Å²) in [6.07, 6.45) is 0.448. The third-order valence-electron chi connectivity index (χ3n) is 6.98. The van der Waals surface area contributed by atoms with E-state index < -0.39 is 0 Å². The lowest BCUT2D eigenvalue weighted by molar-refractivity contribution is 0.103. The molecular formula is C33H29ClN2O3S. The number of carbonyl (C=O) groups excluding carboxylic acids is 2. The normalized spacial score (nSPS) is 11.8. The van der Waals surface area contributed by atoms with E-state index in [0.29, 0.717) is 39.6 Å². The Morgan fingerprint density at radius 1 is 0.900 bits per heavy atom. The van der Waals surface area contributed by atoms with Crippen LogP contribution in [0.15, 0.2) is 95.0 Å². The number of thioether (sulfide) groups is 1. The number of carbonyl (C=O) groups is 2. The molecule has 0 bridgehead atoms.